The average molecular weight is 583 g/mol. The van der Waals surface area contributed by atoms with Crippen molar-refractivity contribution in [1.82, 2.24) is 15.6 Å². The minimum Gasteiger partial charge on any atom is -0.496 e. The zero-order valence-corrected chi connectivity index (χ0v) is 24.5. The molecule has 2 aliphatic rings. The second-order valence-corrected chi connectivity index (χ2v) is 11.2. The summed E-state index contributed by atoms with van der Waals surface area (Å²) in [5.74, 6) is 2.47. The summed E-state index contributed by atoms with van der Waals surface area (Å²) >= 11 is 0. The van der Waals surface area contributed by atoms with Gasteiger partial charge in [0, 0.05) is 30.7 Å². The largest absolute Gasteiger partial charge is 0.496 e. The Morgan fingerprint density at radius 3 is 2.67 bits per heavy atom. The Hall–Kier alpha value is -3.94. The second kappa shape index (κ2) is 13.6. The van der Waals surface area contributed by atoms with Crippen molar-refractivity contribution in [3.8, 4) is 40.0 Å². The van der Waals surface area contributed by atoms with Crippen molar-refractivity contribution in [3.05, 3.63) is 65.9 Å². The number of aliphatic hydroxyl groups excluding tert-OH is 1. The number of hydrogen-bond acceptors (Lipinski definition) is 9. The van der Waals surface area contributed by atoms with Crippen molar-refractivity contribution in [2.75, 3.05) is 40.0 Å². The van der Waals surface area contributed by atoms with E-state index in [1.807, 2.05) is 48.5 Å². The lowest BCUT2D eigenvalue weighted by Crippen LogP contribution is -2.30. The summed E-state index contributed by atoms with van der Waals surface area (Å²) in [4.78, 5) is 4.53. The molecule has 224 valence electrons. The fourth-order valence-electron chi connectivity index (χ4n) is 5.95. The number of benzene rings is 2. The summed E-state index contributed by atoms with van der Waals surface area (Å²) in [5, 5.41) is 27.3. The molecule has 4 aromatic rings. The van der Waals surface area contributed by atoms with E-state index in [4.69, 9.17) is 18.6 Å². The number of piperidine rings is 1. The Bertz CT molecular complexity index is 1580. The number of hydrogen-bond donors (Lipinski definition) is 3. The van der Waals surface area contributed by atoms with Gasteiger partial charge < -0.3 is 29.1 Å². The van der Waals surface area contributed by atoms with E-state index in [0.717, 1.165) is 61.2 Å². The van der Waals surface area contributed by atoms with Crippen LogP contribution in [0, 0.1) is 17.2 Å². The number of aromatic nitrogens is 1. The van der Waals surface area contributed by atoms with E-state index in [9.17, 15) is 10.4 Å². The fourth-order valence-corrected chi connectivity index (χ4v) is 5.95. The molecular formula is C34H38N4O5. The van der Waals surface area contributed by atoms with Crippen LogP contribution in [0.3, 0.4) is 0 Å². The van der Waals surface area contributed by atoms with Gasteiger partial charge in [0.05, 0.1) is 31.5 Å². The van der Waals surface area contributed by atoms with Crippen LogP contribution in [0.1, 0.15) is 49.5 Å². The second-order valence-electron chi connectivity index (χ2n) is 11.2. The number of methoxy groups -OCH3 is 1. The molecule has 2 saturated heterocycles. The minimum absolute atomic E-state index is 0.0459. The molecule has 1 unspecified atom stereocenters. The summed E-state index contributed by atoms with van der Waals surface area (Å²) < 4.78 is 23.7. The topological polar surface area (TPSA) is 122 Å². The van der Waals surface area contributed by atoms with Crippen LogP contribution in [-0.4, -0.2) is 56.2 Å². The van der Waals surface area contributed by atoms with E-state index in [-0.39, 0.29) is 6.10 Å². The maximum Gasteiger partial charge on any atom is 0.161 e. The number of nitrogens with one attached hydrogen (secondary N) is 2. The first kappa shape index (κ1) is 29.1. The van der Waals surface area contributed by atoms with Crippen LogP contribution in [0.15, 0.2) is 59.1 Å². The van der Waals surface area contributed by atoms with Crippen molar-refractivity contribution < 1.29 is 23.7 Å². The number of rotatable bonds is 10. The monoisotopic (exact) mass is 582 g/mol. The predicted octanol–water partition coefficient (Wildman–Crippen LogP) is 5.57. The van der Waals surface area contributed by atoms with Crippen LogP contribution in [0.5, 0.6) is 11.5 Å². The number of aliphatic hydroxyl groups is 1. The molecule has 9 nitrogen and oxygen atoms in total. The highest BCUT2D eigenvalue weighted by atomic mass is 16.5. The highest BCUT2D eigenvalue weighted by molar-refractivity contribution is 5.93. The standard InChI is InChI=1S/C34H38N4O5/c1-40-31-19-24(34(39)38-14-8-22-6-12-36-13-7-22)2-4-28(31)32-20-29-33(43-32)27(9-15-37-29)23-3-5-30(25(18-23)21-35)42-26-10-16-41-17-11-26/h2-5,9,15,18-20,22,26,34,36,38-39H,6-8,10-14,16-17H2,1H3. The molecule has 6 rings (SSSR count). The Morgan fingerprint density at radius 2 is 1.88 bits per heavy atom. The van der Waals surface area contributed by atoms with Crippen molar-refractivity contribution in [3.63, 3.8) is 0 Å². The zero-order valence-electron chi connectivity index (χ0n) is 24.5. The van der Waals surface area contributed by atoms with Gasteiger partial charge in [0.1, 0.15) is 41.2 Å². The first-order chi connectivity index (χ1) is 21.1. The summed E-state index contributed by atoms with van der Waals surface area (Å²) in [6.07, 6.45) is 6.03. The molecule has 0 spiro atoms. The van der Waals surface area contributed by atoms with Crippen molar-refractivity contribution in [1.29, 1.82) is 5.26 Å². The van der Waals surface area contributed by atoms with E-state index < -0.39 is 6.23 Å². The van der Waals surface area contributed by atoms with Crippen molar-refractivity contribution in [2.24, 2.45) is 5.92 Å². The van der Waals surface area contributed by atoms with Gasteiger partial charge in [0.25, 0.3) is 0 Å². The minimum atomic E-state index is -0.790. The lowest BCUT2D eigenvalue weighted by atomic mass is 9.95. The van der Waals surface area contributed by atoms with Crippen LogP contribution in [-0.2, 0) is 4.74 Å². The Labute approximate surface area is 251 Å². The van der Waals surface area contributed by atoms with Crippen LogP contribution in [0.25, 0.3) is 33.6 Å². The Kier molecular flexibility index (Phi) is 9.20. The van der Waals surface area contributed by atoms with Gasteiger partial charge in [-0.2, -0.15) is 5.26 Å². The fraction of sp³-hybridized carbons (Fsp3) is 0.412. The molecule has 0 amide bonds. The molecule has 2 fully saturated rings. The van der Waals surface area contributed by atoms with E-state index in [0.29, 0.717) is 53.1 Å². The van der Waals surface area contributed by atoms with Gasteiger partial charge >= 0.3 is 0 Å². The number of nitriles is 1. The molecule has 2 aliphatic heterocycles. The number of ether oxygens (including phenoxy) is 3. The SMILES string of the molecule is COc1cc(C(O)NCCC2CCNCC2)ccc1-c1cc2nccc(-c3ccc(OC4CCOCC4)c(C#N)c3)c2o1. The normalized spacial score (nSPS) is 17.0. The highest BCUT2D eigenvalue weighted by Crippen LogP contribution is 2.39. The number of furan rings is 1. The van der Waals surface area contributed by atoms with Gasteiger partial charge in [-0.1, -0.05) is 12.1 Å². The van der Waals surface area contributed by atoms with Crippen LogP contribution < -0.4 is 20.1 Å². The third-order valence-corrected chi connectivity index (χ3v) is 8.44. The molecule has 2 aromatic heterocycles. The molecule has 2 aromatic carbocycles. The third kappa shape index (κ3) is 6.68. The first-order valence-electron chi connectivity index (χ1n) is 15.1. The Balaban J connectivity index is 1.22. The molecular weight excluding hydrogens is 544 g/mol. The van der Waals surface area contributed by atoms with Gasteiger partial charge in [0.15, 0.2) is 5.58 Å². The number of nitrogens with zero attached hydrogens (tertiary/aromatic N) is 2. The first-order valence-corrected chi connectivity index (χ1v) is 15.1. The van der Waals surface area contributed by atoms with E-state index >= 15 is 0 Å². The van der Waals surface area contributed by atoms with Crippen LogP contribution in [0.4, 0.5) is 0 Å². The maximum absolute atomic E-state index is 10.8. The summed E-state index contributed by atoms with van der Waals surface area (Å²) in [6, 6.07) is 17.3. The Morgan fingerprint density at radius 1 is 1.05 bits per heavy atom. The van der Waals surface area contributed by atoms with Gasteiger partial charge in [-0.15, -0.1) is 0 Å². The van der Waals surface area contributed by atoms with Gasteiger partial charge in [-0.05, 0) is 86.3 Å². The predicted molar refractivity (Wildman–Crippen MR) is 164 cm³/mol. The smallest absolute Gasteiger partial charge is 0.161 e. The average Bonchev–Trinajstić information content (AvgIpc) is 3.50. The van der Waals surface area contributed by atoms with Gasteiger partial charge in [-0.25, -0.2) is 0 Å². The van der Waals surface area contributed by atoms with Crippen molar-refractivity contribution >= 4 is 11.1 Å². The van der Waals surface area contributed by atoms with E-state index in [1.54, 1.807) is 13.3 Å². The summed E-state index contributed by atoms with van der Waals surface area (Å²) in [7, 11) is 1.61. The quantitative estimate of drug-likeness (QED) is 0.206. The zero-order chi connectivity index (χ0) is 29.6. The lowest BCUT2D eigenvalue weighted by Gasteiger charge is -2.23. The van der Waals surface area contributed by atoms with Crippen molar-refractivity contribution in [2.45, 2.75) is 44.4 Å². The molecule has 1 atom stereocenters. The molecule has 4 heterocycles. The van der Waals surface area contributed by atoms with Crippen LogP contribution in [0.2, 0.25) is 0 Å². The maximum atomic E-state index is 10.8. The molecule has 0 radical (unpaired) electrons. The molecule has 0 aliphatic carbocycles. The summed E-state index contributed by atoms with van der Waals surface area (Å²) in [5.41, 5.74) is 4.94. The molecule has 43 heavy (non-hydrogen) atoms. The molecule has 0 saturated carbocycles. The summed E-state index contributed by atoms with van der Waals surface area (Å²) in [6.45, 7) is 4.24. The van der Waals surface area contributed by atoms with Gasteiger partial charge in [-0.3, -0.25) is 10.3 Å². The molecule has 3 N–H and O–H groups in total. The van der Waals surface area contributed by atoms with Crippen LogP contribution >= 0.6 is 0 Å². The van der Waals surface area contributed by atoms with E-state index in [1.165, 1.54) is 12.8 Å². The number of pyridine rings is 1. The van der Waals surface area contributed by atoms with E-state index in [2.05, 4.69) is 21.7 Å². The number of fused-ring (bicyclic) bond motifs is 1. The molecule has 0 bridgehead atoms. The lowest BCUT2D eigenvalue weighted by molar-refractivity contribution is 0.0254. The molecule has 9 heteroatoms. The highest BCUT2D eigenvalue weighted by Gasteiger charge is 2.20. The third-order valence-electron chi connectivity index (χ3n) is 8.44. The van der Waals surface area contributed by atoms with Gasteiger partial charge in [0.2, 0.25) is 0 Å².